The maximum Gasteiger partial charge on any atom is 0.307 e. The van der Waals surface area contributed by atoms with Crippen LogP contribution in [0.1, 0.15) is 30.5 Å². The smallest absolute Gasteiger partial charge is 0.307 e. The van der Waals surface area contributed by atoms with Gasteiger partial charge in [0.05, 0.1) is 12.5 Å². The molecule has 1 aromatic carbocycles. The van der Waals surface area contributed by atoms with Crippen molar-refractivity contribution in [2.24, 2.45) is 0 Å². The van der Waals surface area contributed by atoms with E-state index >= 15 is 0 Å². The number of aromatic nitrogens is 2. The van der Waals surface area contributed by atoms with Crippen LogP contribution in [0.25, 0.3) is 11.0 Å². The summed E-state index contributed by atoms with van der Waals surface area (Å²) in [4.78, 5) is 15.6. The van der Waals surface area contributed by atoms with Crippen LogP contribution in [0.5, 0.6) is 0 Å². The summed E-state index contributed by atoms with van der Waals surface area (Å²) in [5.74, 6) is -0.823. The van der Waals surface area contributed by atoms with Crippen molar-refractivity contribution in [2.75, 3.05) is 0 Å². The summed E-state index contributed by atoms with van der Waals surface area (Å²) in [5.41, 5.74) is 2.86. The van der Waals surface area contributed by atoms with E-state index in [-0.39, 0.29) is 12.5 Å². The lowest BCUT2D eigenvalue weighted by Gasteiger charge is -2.18. The van der Waals surface area contributed by atoms with E-state index in [1.54, 1.807) is 6.20 Å². The molecule has 0 aliphatic rings. The van der Waals surface area contributed by atoms with Crippen molar-refractivity contribution in [2.45, 2.75) is 25.8 Å². The fourth-order valence-electron chi connectivity index (χ4n) is 2.96. The third-order valence-electron chi connectivity index (χ3n) is 3.92. The number of benzene rings is 1. The summed E-state index contributed by atoms with van der Waals surface area (Å²) in [5, 5.41) is 10.0. The number of fused-ring (bicyclic) bond motifs is 1. The van der Waals surface area contributed by atoms with Crippen molar-refractivity contribution < 1.29 is 9.90 Å². The van der Waals surface area contributed by atoms with Crippen LogP contribution < -0.4 is 0 Å². The Morgan fingerprint density at radius 3 is 2.68 bits per heavy atom. The molecule has 2 heterocycles. The Balaban J connectivity index is 2.15. The first-order valence-electron chi connectivity index (χ1n) is 7.42. The molecule has 22 heavy (non-hydrogen) atoms. The Kier molecular flexibility index (Phi) is 3.92. The quantitative estimate of drug-likeness (QED) is 0.781. The van der Waals surface area contributed by atoms with E-state index in [9.17, 15) is 4.79 Å². The van der Waals surface area contributed by atoms with Gasteiger partial charge in [-0.1, -0.05) is 37.3 Å². The average Bonchev–Trinajstić information content (AvgIpc) is 2.88. The summed E-state index contributed by atoms with van der Waals surface area (Å²) in [6.45, 7) is 2.13. The SMILES string of the molecule is CCC(c1ccccc1)n1cc(CC(=O)O)c2cccnc21. The molecule has 4 nitrogen and oxygen atoms in total. The van der Waals surface area contributed by atoms with Gasteiger partial charge in [-0.05, 0) is 29.7 Å². The number of carbonyl (C=O) groups is 1. The molecule has 4 heteroatoms. The van der Waals surface area contributed by atoms with Crippen molar-refractivity contribution in [1.29, 1.82) is 0 Å². The van der Waals surface area contributed by atoms with E-state index in [0.29, 0.717) is 0 Å². The first-order valence-corrected chi connectivity index (χ1v) is 7.42. The Bertz CT molecular complexity index is 793. The number of hydrogen-bond donors (Lipinski definition) is 1. The molecule has 0 aliphatic heterocycles. The first kappa shape index (κ1) is 14.3. The Labute approximate surface area is 129 Å². The summed E-state index contributed by atoms with van der Waals surface area (Å²) in [6.07, 6.45) is 4.62. The molecule has 0 saturated carbocycles. The van der Waals surface area contributed by atoms with Crippen LogP contribution in [-0.2, 0) is 11.2 Å². The molecule has 1 atom stereocenters. The Morgan fingerprint density at radius 1 is 1.23 bits per heavy atom. The number of rotatable bonds is 5. The fraction of sp³-hybridized carbons (Fsp3) is 0.222. The standard InChI is InChI=1S/C18H18N2O2/c1-2-16(13-7-4-3-5-8-13)20-12-14(11-17(21)22)15-9-6-10-19-18(15)20/h3-10,12,16H,2,11H2,1H3,(H,21,22). The fourth-order valence-corrected chi connectivity index (χ4v) is 2.96. The lowest BCUT2D eigenvalue weighted by Crippen LogP contribution is -2.09. The molecule has 0 amide bonds. The van der Waals surface area contributed by atoms with Gasteiger partial charge in [0.2, 0.25) is 0 Å². The highest BCUT2D eigenvalue weighted by Gasteiger charge is 2.18. The van der Waals surface area contributed by atoms with Crippen molar-refractivity contribution in [3.63, 3.8) is 0 Å². The zero-order chi connectivity index (χ0) is 15.5. The number of pyridine rings is 1. The van der Waals surface area contributed by atoms with Gasteiger partial charge in [-0.3, -0.25) is 4.79 Å². The molecule has 0 radical (unpaired) electrons. The molecule has 2 aromatic heterocycles. The van der Waals surface area contributed by atoms with Gasteiger partial charge in [-0.15, -0.1) is 0 Å². The number of hydrogen-bond acceptors (Lipinski definition) is 2. The number of carboxylic acid groups (broad SMARTS) is 1. The van der Waals surface area contributed by atoms with Crippen LogP contribution in [0.2, 0.25) is 0 Å². The average molecular weight is 294 g/mol. The number of carboxylic acids is 1. The maximum absolute atomic E-state index is 11.1. The normalized spacial score (nSPS) is 12.4. The molecule has 0 fully saturated rings. The molecule has 0 spiro atoms. The molecule has 3 aromatic rings. The number of aliphatic carboxylic acids is 1. The second kappa shape index (κ2) is 6.02. The monoisotopic (exact) mass is 294 g/mol. The van der Waals surface area contributed by atoms with E-state index in [1.165, 1.54) is 5.56 Å². The number of nitrogens with zero attached hydrogens (tertiary/aromatic N) is 2. The van der Waals surface area contributed by atoms with E-state index < -0.39 is 5.97 Å². The van der Waals surface area contributed by atoms with E-state index in [1.807, 2.05) is 36.5 Å². The highest BCUT2D eigenvalue weighted by atomic mass is 16.4. The zero-order valence-corrected chi connectivity index (χ0v) is 12.4. The highest BCUT2D eigenvalue weighted by molar-refractivity contribution is 5.85. The van der Waals surface area contributed by atoms with Crippen LogP contribution in [0.15, 0.2) is 54.9 Å². The third kappa shape index (κ3) is 2.60. The minimum Gasteiger partial charge on any atom is -0.481 e. The van der Waals surface area contributed by atoms with Crippen LogP contribution in [0, 0.1) is 0 Å². The van der Waals surface area contributed by atoms with Gasteiger partial charge in [0.15, 0.2) is 0 Å². The Hall–Kier alpha value is -2.62. The summed E-state index contributed by atoms with van der Waals surface area (Å²) in [7, 11) is 0. The van der Waals surface area contributed by atoms with Gasteiger partial charge >= 0.3 is 5.97 Å². The van der Waals surface area contributed by atoms with E-state index in [0.717, 1.165) is 23.0 Å². The highest BCUT2D eigenvalue weighted by Crippen LogP contribution is 2.29. The van der Waals surface area contributed by atoms with Crippen LogP contribution in [0.4, 0.5) is 0 Å². The molecular formula is C18H18N2O2. The van der Waals surface area contributed by atoms with Gasteiger partial charge in [0.1, 0.15) is 5.65 Å². The van der Waals surface area contributed by atoms with Gasteiger partial charge < -0.3 is 9.67 Å². The maximum atomic E-state index is 11.1. The molecule has 1 unspecified atom stereocenters. The predicted octanol–water partition coefficient (Wildman–Crippen LogP) is 3.66. The zero-order valence-electron chi connectivity index (χ0n) is 12.4. The molecule has 1 N–H and O–H groups in total. The van der Waals surface area contributed by atoms with Gasteiger partial charge in [0.25, 0.3) is 0 Å². The summed E-state index contributed by atoms with van der Waals surface area (Å²) in [6, 6.07) is 14.2. The summed E-state index contributed by atoms with van der Waals surface area (Å²) >= 11 is 0. The van der Waals surface area contributed by atoms with Crippen LogP contribution in [0.3, 0.4) is 0 Å². The second-order valence-electron chi connectivity index (χ2n) is 5.34. The Morgan fingerprint density at radius 2 is 2.00 bits per heavy atom. The minimum atomic E-state index is -0.823. The largest absolute Gasteiger partial charge is 0.481 e. The summed E-state index contributed by atoms with van der Waals surface area (Å²) < 4.78 is 2.10. The first-order chi connectivity index (χ1) is 10.7. The lowest BCUT2D eigenvalue weighted by molar-refractivity contribution is -0.136. The van der Waals surface area contributed by atoms with Crippen molar-refractivity contribution in [3.05, 3.63) is 66.0 Å². The van der Waals surface area contributed by atoms with Crippen molar-refractivity contribution in [3.8, 4) is 0 Å². The molecular weight excluding hydrogens is 276 g/mol. The van der Waals surface area contributed by atoms with Crippen molar-refractivity contribution >= 4 is 17.0 Å². The van der Waals surface area contributed by atoms with Gasteiger partial charge in [-0.2, -0.15) is 0 Å². The lowest BCUT2D eigenvalue weighted by atomic mass is 10.0. The second-order valence-corrected chi connectivity index (χ2v) is 5.34. The van der Waals surface area contributed by atoms with Crippen molar-refractivity contribution in [1.82, 2.24) is 9.55 Å². The molecule has 3 rings (SSSR count). The van der Waals surface area contributed by atoms with E-state index in [2.05, 4.69) is 28.6 Å². The predicted molar refractivity (Wildman–Crippen MR) is 85.9 cm³/mol. The topological polar surface area (TPSA) is 55.1 Å². The molecule has 112 valence electrons. The molecule has 0 saturated heterocycles. The van der Waals surface area contributed by atoms with E-state index in [4.69, 9.17) is 5.11 Å². The van der Waals surface area contributed by atoms with Gasteiger partial charge in [-0.25, -0.2) is 4.98 Å². The minimum absolute atomic E-state index is 0.0143. The van der Waals surface area contributed by atoms with Gasteiger partial charge in [0, 0.05) is 17.8 Å². The van der Waals surface area contributed by atoms with Crippen LogP contribution >= 0.6 is 0 Å². The third-order valence-corrected chi connectivity index (χ3v) is 3.92. The molecule has 0 bridgehead atoms. The molecule has 0 aliphatic carbocycles. The van der Waals surface area contributed by atoms with Crippen LogP contribution in [-0.4, -0.2) is 20.6 Å².